The number of amides is 1. The number of anilines is 2. The minimum atomic E-state index is -1.18. The number of carboxylic acid groups (broad SMARTS) is 1. The van der Waals surface area contributed by atoms with E-state index in [2.05, 4.69) is 40.7 Å². The van der Waals surface area contributed by atoms with E-state index in [1.165, 1.54) is 17.5 Å². The number of carbonyl (C=O) groups is 2. The van der Waals surface area contributed by atoms with Crippen LogP contribution in [0.1, 0.15) is 96.0 Å². The molecule has 3 heterocycles. The van der Waals surface area contributed by atoms with Gasteiger partial charge in [0.05, 0.1) is 27.5 Å². The maximum absolute atomic E-state index is 13.7. The SMILES string of the molecule is CNOC12CC3(C)CC(C)(C1)C(CN=C(C)C(=CN)c1ccc(N4CCc5c(C#N)ccc(C(=O)Nc6nc7ccccc7s6)c5C4)nc1C(=O)O)(C3)C2. The molecule has 1 aliphatic heterocycles. The summed E-state index contributed by atoms with van der Waals surface area (Å²) in [7, 11) is 1.83. The number of hydroxylamine groups is 1. The number of nitrogens with zero attached hydrogens (tertiary/aromatic N) is 5. The van der Waals surface area contributed by atoms with Gasteiger partial charge in [-0.3, -0.25) is 19.9 Å². The summed E-state index contributed by atoms with van der Waals surface area (Å²) in [5, 5.41) is 23.8. The van der Waals surface area contributed by atoms with Crippen molar-refractivity contribution in [3.63, 3.8) is 0 Å². The van der Waals surface area contributed by atoms with Crippen molar-refractivity contribution in [3.05, 3.63) is 88.2 Å². The van der Waals surface area contributed by atoms with Crippen molar-refractivity contribution < 1.29 is 19.5 Å². The topological polar surface area (TPSA) is 179 Å². The lowest BCUT2D eigenvalue weighted by Crippen LogP contribution is -2.45. The molecule has 0 radical (unpaired) electrons. The Morgan fingerprint density at radius 2 is 1.87 bits per heavy atom. The van der Waals surface area contributed by atoms with Gasteiger partial charge in [0.1, 0.15) is 5.82 Å². The quantitative estimate of drug-likeness (QED) is 0.101. The maximum atomic E-state index is 13.7. The van der Waals surface area contributed by atoms with Crippen LogP contribution in [0.4, 0.5) is 10.9 Å². The molecule has 12 nitrogen and oxygen atoms in total. The van der Waals surface area contributed by atoms with Gasteiger partial charge in [0, 0.05) is 55.3 Å². The molecule has 4 bridgehead atoms. The molecule has 4 saturated carbocycles. The Morgan fingerprint density at radius 1 is 1.07 bits per heavy atom. The first-order valence-electron chi connectivity index (χ1n) is 18.3. The lowest BCUT2D eigenvalue weighted by atomic mass is 9.66. The zero-order valence-corrected chi connectivity index (χ0v) is 31.8. The predicted molar refractivity (Wildman–Crippen MR) is 209 cm³/mol. The molecule has 4 aliphatic carbocycles. The summed E-state index contributed by atoms with van der Waals surface area (Å²) in [5.41, 5.74) is 13.9. The van der Waals surface area contributed by atoms with E-state index in [-0.39, 0.29) is 40.0 Å². The van der Waals surface area contributed by atoms with Crippen LogP contribution in [0.25, 0.3) is 15.8 Å². The Balaban J connectivity index is 1.06. The maximum Gasteiger partial charge on any atom is 0.355 e. The molecular weight excluding hydrogens is 701 g/mol. The molecule has 13 heteroatoms. The van der Waals surface area contributed by atoms with E-state index in [4.69, 9.17) is 15.6 Å². The molecule has 0 saturated heterocycles. The lowest BCUT2D eigenvalue weighted by molar-refractivity contribution is -0.147. The number of benzene rings is 2. The number of aromatic nitrogens is 2. The molecular formula is C41H44N8O4S. The zero-order chi connectivity index (χ0) is 38.0. The average molecular weight is 745 g/mol. The molecule has 4 aromatic rings. The lowest BCUT2D eigenvalue weighted by Gasteiger charge is -2.45. The number of nitrogens with one attached hydrogen (secondary N) is 2. The number of hydrogen-bond donors (Lipinski definition) is 4. The van der Waals surface area contributed by atoms with Gasteiger partial charge in [-0.1, -0.05) is 37.3 Å². The molecule has 4 atom stereocenters. The van der Waals surface area contributed by atoms with Gasteiger partial charge in [0.15, 0.2) is 10.8 Å². The molecule has 2 aromatic carbocycles. The van der Waals surface area contributed by atoms with Crippen LogP contribution in [0.2, 0.25) is 0 Å². The fourth-order valence-corrected chi connectivity index (χ4v) is 11.7. The molecule has 0 spiro atoms. The Morgan fingerprint density at radius 3 is 2.61 bits per heavy atom. The summed E-state index contributed by atoms with van der Waals surface area (Å²) in [5.74, 6) is -1.07. The number of fused-ring (bicyclic) bond motifs is 2. The van der Waals surface area contributed by atoms with Crippen molar-refractivity contribution >= 4 is 55.7 Å². The molecule has 278 valence electrons. The molecule has 4 fully saturated rings. The van der Waals surface area contributed by atoms with Crippen molar-refractivity contribution in [2.45, 2.75) is 71.4 Å². The largest absolute Gasteiger partial charge is 0.476 e. The van der Waals surface area contributed by atoms with Crippen LogP contribution in [0, 0.1) is 27.6 Å². The highest BCUT2D eigenvalue weighted by Gasteiger charge is 2.73. The second-order valence-electron chi connectivity index (χ2n) is 16.2. The van der Waals surface area contributed by atoms with Crippen molar-refractivity contribution in [2.75, 3.05) is 30.4 Å². The smallest absolute Gasteiger partial charge is 0.355 e. The molecule has 2 aromatic heterocycles. The van der Waals surface area contributed by atoms with Crippen LogP contribution >= 0.6 is 11.3 Å². The van der Waals surface area contributed by atoms with Gasteiger partial charge < -0.3 is 15.7 Å². The number of allylic oxidation sites excluding steroid dienone is 1. The van der Waals surface area contributed by atoms with E-state index in [1.807, 2.05) is 43.1 Å². The summed E-state index contributed by atoms with van der Waals surface area (Å²) in [6.07, 6.45) is 7.09. The number of thiazole rings is 1. The highest BCUT2D eigenvalue weighted by atomic mass is 32.1. The summed E-state index contributed by atoms with van der Waals surface area (Å²) >= 11 is 1.39. The number of rotatable bonds is 10. The van der Waals surface area contributed by atoms with E-state index in [0.717, 1.165) is 47.9 Å². The summed E-state index contributed by atoms with van der Waals surface area (Å²) in [6.45, 7) is 7.99. The number of para-hydroxylation sites is 1. The van der Waals surface area contributed by atoms with Gasteiger partial charge in [0.25, 0.3) is 5.91 Å². The van der Waals surface area contributed by atoms with E-state index in [0.29, 0.717) is 64.0 Å². The van der Waals surface area contributed by atoms with Crippen LogP contribution in [0.3, 0.4) is 0 Å². The third kappa shape index (κ3) is 5.84. The van der Waals surface area contributed by atoms with Gasteiger partial charge in [-0.05, 0) is 109 Å². The molecule has 4 unspecified atom stereocenters. The summed E-state index contributed by atoms with van der Waals surface area (Å²) in [6, 6.07) is 16.8. The number of carbonyl (C=O) groups excluding carboxylic acids is 1. The van der Waals surface area contributed by atoms with E-state index in [1.54, 1.807) is 24.3 Å². The van der Waals surface area contributed by atoms with Gasteiger partial charge in [-0.2, -0.15) is 5.26 Å². The molecule has 5 N–H and O–H groups in total. The highest BCUT2D eigenvalue weighted by Crippen LogP contribution is 2.78. The molecule has 5 aliphatic rings. The van der Waals surface area contributed by atoms with Crippen LogP contribution in [-0.2, 0) is 17.8 Å². The van der Waals surface area contributed by atoms with E-state index >= 15 is 0 Å². The Hall–Kier alpha value is -5.16. The molecule has 9 rings (SSSR count). The van der Waals surface area contributed by atoms with E-state index in [9.17, 15) is 20.0 Å². The van der Waals surface area contributed by atoms with Gasteiger partial charge in [-0.15, -0.1) is 0 Å². The average Bonchev–Trinajstić information content (AvgIpc) is 3.67. The minimum Gasteiger partial charge on any atom is -0.476 e. The number of pyridine rings is 1. The Labute approximate surface area is 318 Å². The number of nitriles is 1. The van der Waals surface area contributed by atoms with Gasteiger partial charge in [0.2, 0.25) is 0 Å². The van der Waals surface area contributed by atoms with Crippen molar-refractivity contribution in [2.24, 2.45) is 27.0 Å². The van der Waals surface area contributed by atoms with Crippen LogP contribution in [0.5, 0.6) is 0 Å². The number of nitrogens with two attached hydrogens (primary N) is 1. The minimum absolute atomic E-state index is 0.0182. The molecule has 54 heavy (non-hydrogen) atoms. The standard InChI is InChI=1S/C41H44N8O4S/c1-24(45-23-40-19-38(2)18-39(40,3)21-41(20-38,22-40)53-44-4)29(16-43)27-11-12-33(47-34(27)36(51)52)49-14-13-26-25(15-42)9-10-28(30(26)17-49)35(50)48-37-46-31-7-5-6-8-32(31)54-37/h5-12,16,44H,13-14,17-23,43H2,1-4H3,(H,51,52)(H,46,48,50). The van der Waals surface area contributed by atoms with Crippen LogP contribution in [0.15, 0.2) is 59.7 Å². The van der Waals surface area contributed by atoms with Crippen molar-refractivity contribution in [1.29, 1.82) is 5.26 Å². The first-order valence-corrected chi connectivity index (χ1v) is 19.1. The normalized spacial score (nSPS) is 27.3. The monoisotopic (exact) mass is 744 g/mol. The van der Waals surface area contributed by atoms with Crippen molar-refractivity contribution in [3.8, 4) is 6.07 Å². The highest BCUT2D eigenvalue weighted by molar-refractivity contribution is 7.22. The number of aliphatic imine (C=N–C) groups is 1. The fraction of sp³-hybridized carbons (Fsp3) is 0.415. The van der Waals surface area contributed by atoms with Crippen LogP contribution in [-0.4, -0.2) is 58.4 Å². The third-order valence-electron chi connectivity index (χ3n) is 12.5. The number of aromatic carboxylic acids is 1. The second kappa shape index (κ2) is 13.0. The van der Waals surface area contributed by atoms with Gasteiger partial charge >= 0.3 is 5.97 Å². The fourth-order valence-electron chi connectivity index (χ4n) is 10.8. The third-order valence-corrected chi connectivity index (χ3v) is 13.4. The molecule has 1 amide bonds. The van der Waals surface area contributed by atoms with Gasteiger partial charge in [-0.25, -0.2) is 20.2 Å². The summed E-state index contributed by atoms with van der Waals surface area (Å²) in [4.78, 5) is 49.0. The summed E-state index contributed by atoms with van der Waals surface area (Å²) < 4.78 is 0.961. The first-order chi connectivity index (χ1) is 25.8. The van der Waals surface area contributed by atoms with Crippen molar-refractivity contribution in [1.82, 2.24) is 15.4 Å². The predicted octanol–water partition coefficient (Wildman–Crippen LogP) is 6.72. The Bertz CT molecular complexity index is 2300. The first kappa shape index (κ1) is 35.8. The second-order valence-corrected chi connectivity index (χ2v) is 17.3. The number of carboxylic acids is 1. The van der Waals surface area contributed by atoms with E-state index < -0.39 is 5.97 Å². The Kier molecular flexibility index (Phi) is 8.63. The van der Waals surface area contributed by atoms with Crippen LogP contribution < -0.4 is 21.4 Å². The zero-order valence-electron chi connectivity index (χ0n) is 31.0. The number of hydrogen-bond acceptors (Lipinski definition) is 11.